The molecule has 1 aliphatic rings. The average Bonchev–Trinajstić information content (AvgIpc) is 2.95. The number of aromatic nitrogens is 1. The van der Waals surface area contributed by atoms with Crippen molar-refractivity contribution >= 4 is 16.9 Å². The lowest BCUT2D eigenvalue weighted by Crippen LogP contribution is -2.36. The van der Waals surface area contributed by atoms with E-state index < -0.39 is 0 Å². The van der Waals surface area contributed by atoms with Crippen LogP contribution in [0.25, 0.3) is 11.0 Å². The third-order valence-corrected chi connectivity index (χ3v) is 5.34. The van der Waals surface area contributed by atoms with E-state index in [4.69, 9.17) is 9.26 Å². The van der Waals surface area contributed by atoms with Gasteiger partial charge in [-0.2, -0.15) is 0 Å². The Morgan fingerprint density at radius 3 is 2.78 bits per heavy atom. The maximum atomic E-state index is 13.2. The number of fused-ring (bicyclic) bond motifs is 1. The first-order valence-corrected chi connectivity index (χ1v) is 9.53. The molecule has 0 aliphatic carbocycles. The largest absolute Gasteiger partial charge is 0.497 e. The summed E-state index contributed by atoms with van der Waals surface area (Å²) in [6.07, 6.45) is 4.58. The highest BCUT2D eigenvalue weighted by molar-refractivity contribution is 5.86. The van der Waals surface area contributed by atoms with E-state index in [9.17, 15) is 4.79 Å². The lowest BCUT2D eigenvalue weighted by molar-refractivity contribution is -0.133. The van der Waals surface area contributed by atoms with Gasteiger partial charge in [0.25, 0.3) is 0 Å². The predicted molar refractivity (Wildman–Crippen MR) is 104 cm³/mol. The van der Waals surface area contributed by atoms with Gasteiger partial charge in [-0.25, -0.2) is 0 Å². The number of para-hydroxylation sites is 1. The third kappa shape index (κ3) is 3.68. The number of benzene rings is 2. The second-order valence-corrected chi connectivity index (χ2v) is 7.03. The standard InChI is InChI=1S/C22H24N2O3/c1-26-17-12-10-16(11-13-17)20-8-3-2-6-14-24(20)22(25)15-19-18-7-4-5-9-21(18)27-23-19/h4-5,7,9-13,20H,2-3,6,8,14-15H2,1H3/t20-/m0/s1. The molecule has 0 N–H and O–H groups in total. The van der Waals surface area contributed by atoms with Crippen LogP contribution in [0, 0.1) is 0 Å². The maximum Gasteiger partial charge on any atom is 0.229 e. The van der Waals surface area contributed by atoms with Crippen molar-refractivity contribution in [1.82, 2.24) is 10.1 Å². The van der Waals surface area contributed by atoms with Crippen LogP contribution in [0.1, 0.15) is 43.0 Å². The van der Waals surface area contributed by atoms with E-state index in [1.54, 1.807) is 7.11 Å². The topological polar surface area (TPSA) is 55.6 Å². The molecular formula is C22H24N2O3. The molecule has 1 fully saturated rings. The van der Waals surface area contributed by atoms with Gasteiger partial charge >= 0.3 is 0 Å². The molecule has 140 valence electrons. The molecule has 0 unspecified atom stereocenters. The van der Waals surface area contributed by atoms with Crippen molar-refractivity contribution in [2.75, 3.05) is 13.7 Å². The number of carbonyl (C=O) groups is 1. The van der Waals surface area contributed by atoms with Gasteiger partial charge in [0.05, 0.1) is 19.6 Å². The fourth-order valence-corrected chi connectivity index (χ4v) is 3.89. The zero-order valence-electron chi connectivity index (χ0n) is 15.6. The molecule has 1 atom stereocenters. The molecule has 27 heavy (non-hydrogen) atoms. The van der Waals surface area contributed by atoms with E-state index in [2.05, 4.69) is 17.3 Å². The third-order valence-electron chi connectivity index (χ3n) is 5.34. The lowest BCUT2D eigenvalue weighted by atomic mass is 10.00. The Bertz CT molecular complexity index is 917. The lowest BCUT2D eigenvalue weighted by Gasteiger charge is -2.30. The molecule has 1 aromatic heterocycles. The van der Waals surface area contributed by atoms with Crippen molar-refractivity contribution in [1.29, 1.82) is 0 Å². The summed E-state index contributed by atoms with van der Waals surface area (Å²) < 4.78 is 10.6. The van der Waals surface area contributed by atoms with Crippen molar-refractivity contribution in [3.05, 3.63) is 59.8 Å². The molecule has 5 nitrogen and oxygen atoms in total. The van der Waals surface area contributed by atoms with Gasteiger partial charge in [-0.1, -0.05) is 42.3 Å². The van der Waals surface area contributed by atoms with Crippen LogP contribution in [0.5, 0.6) is 5.75 Å². The van der Waals surface area contributed by atoms with Crippen LogP contribution in [0.2, 0.25) is 0 Å². The predicted octanol–water partition coefficient (Wildman–Crippen LogP) is 4.52. The molecule has 1 amide bonds. The van der Waals surface area contributed by atoms with E-state index in [0.29, 0.717) is 5.69 Å². The SMILES string of the molecule is COc1ccc([C@@H]2CCCCCN2C(=O)Cc2noc3ccccc23)cc1. The summed E-state index contributed by atoms with van der Waals surface area (Å²) in [5.74, 6) is 0.941. The minimum Gasteiger partial charge on any atom is -0.497 e. The van der Waals surface area contributed by atoms with Gasteiger partial charge in [0.1, 0.15) is 11.4 Å². The molecule has 0 saturated carbocycles. The minimum atomic E-state index is 0.101. The van der Waals surface area contributed by atoms with Crippen LogP contribution in [0.4, 0.5) is 0 Å². The average molecular weight is 364 g/mol. The van der Waals surface area contributed by atoms with Gasteiger partial charge in [-0.15, -0.1) is 0 Å². The summed E-state index contributed by atoms with van der Waals surface area (Å²) in [5.41, 5.74) is 2.60. The van der Waals surface area contributed by atoms with Gasteiger partial charge < -0.3 is 14.2 Å². The Kier molecular flexibility index (Phi) is 5.10. The molecule has 2 heterocycles. The molecular weight excluding hydrogens is 340 g/mol. The van der Waals surface area contributed by atoms with E-state index in [1.165, 1.54) is 0 Å². The van der Waals surface area contributed by atoms with Gasteiger partial charge in [0.2, 0.25) is 5.91 Å². The van der Waals surface area contributed by atoms with Crippen LogP contribution in [-0.2, 0) is 11.2 Å². The summed E-state index contributed by atoms with van der Waals surface area (Å²) in [7, 11) is 1.67. The van der Waals surface area contributed by atoms with Crippen LogP contribution in [0.3, 0.4) is 0 Å². The summed E-state index contributed by atoms with van der Waals surface area (Å²) in [5, 5.41) is 5.05. The fourth-order valence-electron chi connectivity index (χ4n) is 3.89. The second-order valence-electron chi connectivity index (χ2n) is 7.03. The van der Waals surface area contributed by atoms with Crippen LogP contribution >= 0.6 is 0 Å². The van der Waals surface area contributed by atoms with E-state index in [1.807, 2.05) is 41.3 Å². The number of carbonyl (C=O) groups excluding carboxylic acids is 1. The Balaban J connectivity index is 1.58. The van der Waals surface area contributed by atoms with Crippen LogP contribution < -0.4 is 4.74 Å². The highest BCUT2D eigenvalue weighted by Crippen LogP contribution is 2.32. The summed E-state index contributed by atoms with van der Waals surface area (Å²) in [6.45, 7) is 0.783. The molecule has 0 radical (unpaired) electrons. The Hall–Kier alpha value is -2.82. The number of rotatable bonds is 4. The van der Waals surface area contributed by atoms with Crippen molar-refractivity contribution in [3.8, 4) is 5.75 Å². The van der Waals surface area contributed by atoms with Crippen LogP contribution in [-0.4, -0.2) is 29.6 Å². The van der Waals surface area contributed by atoms with E-state index in [0.717, 1.165) is 54.5 Å². The zero-order chi connectivity index (χ0) is 18.6. The molecule has 1 saturated heterocycles. The normalized spacial score (nSPS) is 17.7. The summed E-state index contributed by atoms with van der Waals surface area (Å²) >= 11 is 0. The monoisotopic (exact) mass is 364 g/mol. The number of hydrogen-bond acceptors (Lipinski definition) is 4. The van der Waals surface area contributed by atoms with Gasteiger partial charge in [-0.3, -0.25) is 4.79 Å². The summed E-state index contributed by atoms with van der Waals surface area (Å²) in [6, 6.07) is 15.9. The molecule has 3 aromatic rings. The number of methoxy groups -OCH3 is 1. The highest BCUT2D eigenvalue weighted by Gasteiger charge is 2.27. The molecule has 0 spiro atoms. The van der Waals surface area contributed by atoms with Crippen molar-refractivity contribution in [3.63, 3.8) is 0 Å². The number of ether oxygens (including phenoxy) is 1. The smallest absolute Gasteiger partial charge is 0.229 e. The number of nitrogens with zero attached hydrogens (tertiary/aromatic N) is 2. The first kappa shape index (κ1) is 17.6. The number of likely N-dealkylation sites (tertiary alicyclic amines) is 1. The zero-order valence-corrected chi connectivity index (χ0v) is 15.6. The highest BCUT2D eigenvalue weighted by atomic mass is 16.5. The first-order chi connectivity index (χ1) is 13.3. The van der Waals surface area contributed by atoms with E-state index in [-0.39, 0.29) is 18.4 Å². The van der Waals surface area contributed by atoms with Crippen molar-refractivity contribution in [2.45, 2.75) is 38.1 Å². The number of hydrogen-bond donors (Lipinski definition) is 0. The Labute approximate surface area is 158 Å². The quantitative estimate of drug-likeness (QED) is 0.683. The molecule has 2 aromatic carbocycles. The fraction of sp³-hybridized carbons (Fsp3) is 0.364. The van der Waals surface area contributed by atoms with E-state index >= 15 is 0 Å². The molecule has 5 heteroatoms. The Morgan fingerprint density at radius 2 is 1.96 bits per heavy atom. The maximum absolute atomic E-state index is 13.2. The van der Waals surface area contributed by atoms with Gasteiger partial charge in [0, 0.05) is 11.9 Å². The minimum absolute atomic E-state index is 0.101. The first-order valence-electron chi connectivity index (χ1n) is 9.53. The second kappa shape index (κ2) is 7.82. The number of amides is 1. The summed E-state index contributed by atoms with van der Waals surface area (Å²) in [4.78, 5) is 15.2. The van der Waals surface area contributed by atoms with Crippen molar-refractivity contribution < 1.29 is 14.1 Å². The molecule has 1 aliphatic heterocycles. The Morgan fingerprint density at radius 1 is 1.15 bits per heavy atom. The molecule has 4 rings (SSSR count). The van der Waals surface area contributed by atoms with Crippen molar-refractivity contribution in [2.24, 2.45) is 0 Å². The van der Waals surface area contributed by atoms with Gasteiger partial charge in [-0.05, 0) is 42.7 Å². The van der Waals surface area contributed by atoms with Crippen LogP contribution in [0.15, 0.2) is 53.1 Å². The molecule has 0 bridgehead atoms. The van der Waals surface area contributed by atoms with Gasteiger partial charge in [0.15, 0.2) is 5.58 Å².